The lowest BCUT2D eigenvalue weighted by molar-refractivity contribution is 0.186. The van der Waals surface area contributed by atoms with Gasteiger partial charge in [0.15, 0.2) is 0 Å². The molecule has 1 aliphatic heterocycles. The molecule has 4 rings (SSSR count). The summed E-state index contributed by atoms with van der Waals surface area (Å²) in [6, 6.07) is 4.08. The van der Waals surface area contributed by atoms with E-state index in [4.69, 9.17) is 4.42 Å². The molecule has 0 amide bonds. The van der Waals surface area contributed by atoms with Crippen molar-refractivity contribution in [2.45, 2.75) is 25.3 Å². The molecule has 3 aromatic heterocycles. The van der Waals surface area contributed by atoms with Crippen LogP contribution < -0.4 is 0 Å². The number of piperidine rings is 1. The molecule has 7 heteroatoms. The van der Waals surface area contributed by atoms with Crippen molar-refractivity contribution in [1.82, 2.24) is 30.0 Å². The molecule has 0 radical (unpaired) electrons. The first-order valence-electron chi connectivity index (χ1n) is 8.09. The zero-order chi connectivity index (χ0) is 16.2. The number of rotatable bonds is 4. The lowest BCUT2D eigenvalue weighted by Crippen LogP contribution is -2.34. The first-order chi connectivity index (χ1) is 11.9. The van der Waals surface area contributed by atoms with E-state index in [-0.39, 0.29) is 5.92 Å². The third-order valence-corrected chi connectivity index (χ3v) is 4.21. The van der Waals surface area contributed by atoms with Crippen LogP contribution in [0.1, 0.15) is 30.2 Å². The van der Waals surface area contributed by atoms with E-state index < -0.39 is 0 Å². The molecule has 0 aliphatic carbocycles. The van der Waals surface area contributed by atoms with Crippen LogP contribution in [0.5, 0.6) is 0 Å². The van der Waals surface area contributed by atoms with Crippen molar-refractivity contribution in [3.8, 4) is 11.6 Å². The Balaban J connectivity index is 1.45. The largest absolute Gasteiger partial charge is 0.419 e. The quantitative estimate of drug-likeness (QED) is 0.729. The van der Waals surface area contributed by atoms with Crippen LogP contribution in [0.15, 0.2) is 47.5 Å². The molecule has 1 atom stereocenters. The fraction of sp³-hybridized carbons (Fsp3) is 0.353. The van der Waals surface area contributed by atoms with Gasteiger partial charge in [-0.15, -0.1) is 10.2 Å². The highest BCUT2D eigenvalue weighted by atomic mass is 16.4. The number of aromatic nitrogens is 5. The summed E-state index contributed by atoms with van der Waals surface area (Å²) in [5.74, 6) is 1.38. The minimum Gasteiger partial charge on any atom is -0.419 e. The van der Waals surface area contributed by atoms with Crippen LogP contribution in [0.25, 0.3) is 11.6 Å². The van der Waals surface area contributed by atoms with E-state index in [1.165, 1.54) is 5.56 Å². The lowest BCUT2D eigenvalue weighted by atomic mass is 9.97. The Morgan fingerprint density at radius 1 is 1.12 bits per heavy atom. The molecule has 122 valence electrons. The Morgan fingerprint density at radius 3 is 2.92 bits per heavy atom. The van der Waals surface area contributed by atoms with Crippen molar-refractivity contribution in [2.75, 3.05) is 13.1 Å². The van der Waals surface area contributed by atoms with E-state index in [1.807, 2.05) is 12.3 Å². The first-order valence-corrected chi connectivity index (χ1v) is 8.09. The van der Waals surface area contributed by atoms with Crippen molar-refractivity contribution in [1.29, 1.82) is 0 Å². The predicted octanol–water partition coefficient (Wildman–Crippen LogP) is 2.30. The Bertz CT molecular complexity index is 776. The third-order valence-electron chi connectivity index (χ3n) is 4.21. The zero-order valence-electron chi connectivity index (χ0n) is 13.2. The van der Waals surface area contributed by atoms with Gasteiger partial charge in [0.25, 0.3) is 5.89 Å². The Kier molecular flexibility index (Phi) is 4.24. The maximum Gasteiger partial charge on any atom is 0.267 e. The maximum atomic E-state index is 5.84. The minimum atomic E-state index is 0.258. The average Bonchev–Trinajstić information content (AvgIpc) is 3.14. The minimum absolute atomic E-state index is 0.258. The summed E-state index contributed by atoms with van der Waals surface area (Å²) in [7, 11) is 0. The van der Waals surface area contributed by atoms with Crippen LogP contribution in [0.4, 0.5) is 0 Å². The number of likely N-dealkylation sites (tertiary alicyclic amines) is 1. The molecule has 0 bridgehead atoms. The summed E-state index contributed by atoms with van der Waals surface area (Å²) in [4.78, 5) is 14.8. The predicted molar refractivity (Wildman–Crippen MR) is 86.8 cm³/mol. The molecule has 4 heterocycles. The molecule has 0 unspecified atom stereocenters. The molecular weight excluding hydrogens is 304 g/mol. The second-order valence-electron chi connectivity index (χ2n) is 5.97. The van der Waals surface area contributed by atoms with E-state index in [0.717, 1.165) is 32.5 Å². The summed E-state index contributed by atoms with van der Waals surface area (Å²) >= 11 is 0. The first kappa shape index (κ1) is 14.9. The average molecular weight is 322 g/mol. The number of hydrogen-bond donors (Lipinski definition) is 0. The topological polar surface area (TPSA) is 80.8 Å². The molecular formula is C17H18N6O. The van der Waals surface area contributed by atoms with Gasteiger partial charge in [-0.1, -0.05) is 6.07 Å². The smallest absolute Gasteiger partial charge is 0.267 e. The Labute approximate surface area is 139 Å². The zero-order valence-corrected chi connectivity index (χ0v) is 13.2. The van der Waals surface area contributed by atoms with Crippen LogP contribution in [0.3, 0.4) is 0 Å². The normalized spacial score (nSPS) is 18.6. The highest BCUT2D eigenvalue weighted by molar-refractivity contribution is 5.43. The van der Waals surface area contributed by atoms with E-state index in [1.54, 1.807) is 24.8 Å². The van der Waals surface area contributed by atoms with Crippen LogP contribution in [-0.4, -0.2) is 43.1 Å². The highest BCUT2D eigenvalue weighted by Crippen LogP contribution is 2.28. The molecule has 3 aromatic rings. The van der Waals surface area contributed by atoms with Crippen molar-refractivity contribution in [3.05, 3.63) is 54.6 Å². The Hall–Kier alpha value is -2.67. The third kappa shape index (κ3) is 3.30. The molecule has 24 heavy (non-hydrogen) atoms. The fourth-order valence-electron chi connectivity index (χ4n) is 3.06. The summed E-state index contributed by atoms with van der Waals surface area (Å²) in [5.41, 5.74) is 1.84. The van der Waals surface area contributed by atoms with E-state index in [2.05, 4.69) is 36.1 Å². The van der Waals surface area contributed by atoms with Gasteiger partial charge in [-0.2, -0.15) is 0 Å². The van der Waals surface area contributed by atoms with Gasteiger partial charge in [0.1, 0.15) is 5.69 Å². The maximum absolute atomic E-state index is 5.84. The van der Waals surface area contributed by atoms with Crippen LogP contribution >= 0.6 is 0 Å². The molecule has 1 aliphatic rings. The molecule has 1 saturated heterocycles. The molecule has 1 fully saturated rings. The van der Waals surface area contributed by atoms with Crippen LogP contribution in [0.2, 0.25) is 0 Å². The van der Waals surface area contributed by atoms with Gasteiger partial charge in [-0.3, -0.25) is 14.9 Å². The number of hydrogen-bond acceptors (Lipinski definition) is 7. The van der Waals surface area contributed by atoms with E-state index >= 15 is 0 Å². The number of pyridine rings is 1. The van der Waals surface area contributed by atoms with Crippen molar-refractivity contribution in [3.63, 3.8) is 0 Å². The molecule has 7 nitrogen and oxygen atoms in total. The lowest BCUT2D eigenvalue weighted by Gasteiger charge is -2.30. The van der Waals surface area contributed by atoms with Gasteiger partial charge in [0.2, 0.25) is 5.89 Å². The fourth-order valence-corrected chi connectivity index (χ4v) is 3.06. The van der Waals surface area contributed by atoms with E-state index in [0.29, 0.717) is 17.5 Å². The van der Waals surface area contributed by atoms with Gasteiger partial charge >= 0.3 is 0 Å². The number of nitrogens with zero attached hydrogens (tertiary/aromatic N) is 6. The molecule has 0 saturated carbocycles. The van der Waals surface area contributed by atoms with Crippen molar-refractivity contribution >= 4 is 0 Å². The van der Waals surface area contributed by atoms with Crippen molar-refractivity contribution in [2.24, 2.45) is 0 Å². The summed E-state index contributed by atoms with van der Waals surface area (Å²) in [6.07, 6.45) is 10.8. The Morgan fingerprint density at radius 2 is 2.08 bits per heavy atom. The van der Waals surface area contributed by atoms with Crippen LogP contribution in [0, 0.1) is 0 Å². The highest BCUT2D eigenvalue weighted by Gasteiger charge is 2.26. The molecule has 0 aromatic carbocycles. The summed E-state index contributed by atoms with van der Waals surface area (Å²) in [5, 5.41) is 8.36. The second-order valence-corrected chi connectivity index (χ2v) is 5.97. The van der Waals surface area contributed by atoms with Crippen LogP contribution in [-0.2, 0) is 6.54 Å². The monoisotopic (exact) mass is 322 g/mol. The SMILES string of the molecule is c1cncc(CN2CCC[C@H](c3nnc(-c4cnccn4)o3)C2)c1. The molecule has 0 spiro atoms. The van der Waals surface area contributed by atoms with Gasteiger partial charge in [0.05, 0.1) is 12.1 Å². The van der Waals surface area contributed by atoms with Gasteiger partial charge in [0, 0.05) is 37.9 Å². The summed E-state index contributed by atoms with van der Waals surface area (Å²) < 4.78 is 5.84. The van der Waals surface area contributed by atoms with E-state index in [9.17, 15) is 0 Å². The van der Waals surface area contributed by atoms with Gasteiger partial charge in [-0.05, 0) is 31.0 Å². The van der Waals surface area contributed by atoms with Crippen molar-refractivity contribution < 1.29 is 4.42 Å². The second kappa shape index (κ2) is 6.84. The summed E-state index contributed by atoms with van der Waals surface area (Å²) in [6.45, 7) is 2.89. The van der Waals surface area contributed by atoms with Gasteiger partial charge in [-0.25, -0.2) is 4.98 Å². The molecule has 0 N–H and O–H groups in total. The standard InChI is InChI=1S/C17H18N6O/c1-3-13(9-18-5-1)11-23-8-2-4-14(12-23)16-21-22-17(24-16)15-10-19-6-7-20-15/h1,3,5-7,9-10,14H,2,4,8,11-12H2/t14-/m0/s1. The van der Waals surface area contributed by atoms with Gasteiger partial charge < -0.3 is 4.42 Å².